The third-order valence-corrected chi connectivity index (χ3v) is 3.41. The molecular formula is C14H24N4. The van der Waals surface area contributed by atoms with E-state index in [0.717, 1.165) is 37.1 Å². The van der Waals surface area contributed by atoms with Crippen molar-refractivity contribution in [1.82, 2.24) is 9.97 Å². The first-order chi connectivity index (χ1) is 8.50. The maximum Gasteiger partial charge on any atom is 0.134 e. The van der Waals surface area contributed by atoms with Crippen molar-refractivity contribution in [3.63, 3.8) is 0 Å². The monoisotopic (exact) mass is 248 g/mol. The number of aromatic nitrogens is 2. The van der Waals surface area contributed by atoms with Gasteiger partial charge < -0.3 is 10.2 Å². The Bertz CT molecular complexity index is 414. The number of hydrogen-bond donors (Lipinski definition) is 1. The van der Waals surface area contributed by atoms with Gasteiger partial charge in [-0.3, -0.25) is 0 Å². The van der Waals surface area contributed by atoms with E-state index < -0.39 is 0 Å². The van der Waals surface area contributed by atoms with E-state index in [4.69, 9.17) is 0 Å². The molecule has 0 aromatic carbocycles. The third-order valence-electron chi connectivity index (χ3n) is 3.41. The third kappa shape index (κ3) is 3.12. The van der Waals surface area contributed by atoms with Gasteiger partial charge in [0.15, 0.2) is 0 Å². The Kier molecular flexibility index (Phi) is 3.73. The van der Waals surface area contributed by atoms with Crippen LogP contribution in [0.15, 0.2) is 6.07 Å². The molecule has 1 aliphatic heterocycles. The van der Waals surface area contributed by atoms with E-state index in [1.807, 2.05) is 6.92 Å². The van der Waals surface area contributed by atoms with Crippen LogP contribution >= 0.6 is 0 Å². The Morgan fingerprint density at radius 2 is 2.17 bits per heavy atom. The Morgan fingerprint density at radius 3 is 2.83 bits per heavy atom. The molecule has 18 heavy (non-hydrogen) atoms. The molecule has 0 unspecified atom stereocenters. The molecule has 4 heteroatoms. The van der Waals surface area contributed by atoms with Crippen molar-refractivity contribution in [1.29, 1.82) is 0 Å². The summed E-state index contributed by atoms with van der Waals surface area (Å²) in [5, 5.41) is 3.27. The van der Waals surface area contributed by atoms with Crippen LogP contribution in [0, 0.1) is 12.3 Å². The lowest BCUT2D eigenvalue weighted by atomic mass is 9.84. The van der Waals surface area contributed by atoms with E-state index in [1.54, 1.807) is 0 Å². The van der Waals surface area contributed by atoms with Crippen molar-refractivity contribution in [2.45, 2.75) is 40.5 Å². The number of nitrogens with one attached hydrogen (secondary N) is 1. The fourth-order valence-corrected chi connectivity index (χ4v) is 2.60. The summed E-state index contributed by atoms with van der Waals surface area (Å²) in [7, 11) is 0. The zero-order valence-electron chi connectivity index (χ0n) is 12.0. The van der Waals surface area contributed by atoms with Gasteiger partial charge >= 0.3 is 0 Å². The zero-order valence-corrected chi connectivity index (χ0v) is 12.0. The molecule has 0 radical (unpaired) electrons. The Balaban J connectivity index is 2.21. The second-order valence-electron chi connectivity index (χ2n) is 5.88. The van der Waals surface area contributed by atoms with Gasteiger partial charge in [-0.1, -0.05) is 13.8 Å². The first kappa shape index (κ1) is 13.1. The summed E-state index contributed by atoms with van der Waals surface area (Å²) < 4.78 is 0. The summed E-state index contributed by atoms with van der Waals surface area (Å²) in [4.78, 5) is 11.4. The van der Waals surface area contributed by atoms with Gasteiger partial charge in [-0.05, 0) is 32.1 Å². The molecule has 0 atom stereocenters. The summed E-state index contributed by atoms with van der Waals surface area (Å²) in [5.41, 5.74) is 0.384. The smallest absolute Gasteiger partial charge is 0.134 e. The second kappa shape index (κ2) is 5.12. The summed E-state index contributed by atoms with van der Waals surface area (Å²) >= 11 is 0. The lowest BCUT2D eigenvalue weighted by molar-refractivity contribution is 0.292. The van der Waals surface area contributed by atoms with Crippen LogP contribution < -0.4 is 10.2 Å². The van der Waals surface area contributed by atoms with Crippen LogP contribution in [0.2, 0.25) is 0 Å². The zero-order chi connectivity index (χ0) is 13.2. The molecule has 1 fully saturated rings. The predicted molar refractivity (Wildman–Crippen MR) is 76.2 cm³/mol. The molecule has 2 heterocycles. The van der Waals surface area contributed by atoms with E-state index >= 15 is 0 Å². The van der Waals surface area contributed by atoms with Crippen LogP contribution in [0.1, 0.15) is 39.4 Å². The van der Waals surface area contributed by atoms with Gasteiger partial charge in [-0.15, -0.1) is 0 Å². The minimum absolute atomic E-state index is 0.384. The quantitative estimate of drug-likeness (QED) is 0.893. The highest BCUT2D eigenvalue weighted by atomic mass is 15.2. The van der Waals surface area contributed by atoms with Gasteiger partial charge in [0.1, 0.15) is 17.5 Å². The van der Waals surface area contributed by atoms with Crippen molar-refractivity contribution in [2.24, 2.45) is 5.41 Å². The van der Waals surface area contributed by atoms with Crippen LogP contribution in [-0.4, -0.2) is 29.6 Å². The van der Waals surface area contributed by atoms with E-state index in [2.05, 4.69) is 47.0 Å². The molecule has 1 aromatic heterocycles. The van der Waals surface area contributed by atoms with Crippen LogP contribution in [0.3, 0.4) is 0 Å². The van der Waals surface area contributed by atoms with Crippen molar-refractivity contribution in [3.05, 3.63) is 11.9 Å². The topological polar surface area (TPSA) is 41.0 Å². The SMILES string of the molecule is CCNc1cc(N2CCCC(C)(C)C2)nc(C)n1. The summed E-state index contributed by atoms with van der Waals surface area (Å²) in [6, 6.07) is 2.07. The average molecular weight is 248 g/mol. The van der Waals surface area contributed by atoms with E-state index in [1.165, 1.54) is 12.8 Å². The van der Waals surface area contributed by atoms with Crippen LogP contribution in [-0.2, 0) is 0 Å². The molecule has 1 saturated heterocycles. The van der Waals surface area contributed by atoms with Crippen LogP contribution in [0.4, 0.5) is 11.6 Å². The number of hydrogen-bond acceptors (Lipinski definition) is 4. The van der Waals surface area contributed by atoms with Crippen molar-refractivity contribution in [2.75, 3.05) is 29.9 Å². The average Bonchev–Trinajstić information content (AvgIpc) is 2.27. The predicted octanol–water partition coefficient (Wildman–Crippen LogP) is 2.84. The fraction of sp³-hybridized carbons (Fsp3) is 0.714. The molecule has 4 nitrogen and oxygen atoms in total. The Hall–Kier alpha value is -1.32. The van der Waals surface area contributed by atoms with Gasteiger partial charge in [0.05, 0.1) is 0 Å². The molecule has 0 bridgehead atoms. The highest BCUT2D eigenvalue weighted by Gasteiger charge is 2.27. The minimum Gasteiger partial charge on any atom is -0.370 e. The first-order valence-electron chi connectivity index (χ1n) is 6.85. The number of anilines is 2. The lowest BCUT2D eigenvalue weighted by Gasteiger charge is -2.38. The van der Waals surface area contributed by atoms with Crippen molar-refractivity contribution < 1.29 is 0 Å². The van der Waals surface area contributed by atoms with Gasteiger partial charge in [-0.2, -0.15) is 0 Å². The van der Waals surface area contributed by atoms with Gasteiger partial charge in [0, 0.05) is 25.7 Å². The number of piperidine rings is 1. The molecule has 0 saturated carbocycles. The van der Waals surface area contributed by atoms with E-state index in [9.17, 15) is 0 Å². The van der Waals surface area contributed by atoms with Crippen molar-refractivity contribution in [3.8, 4) is 0 Å². The maximum atomic E-state index is 4.58. The van der Waals surface area contributed by atoms with Gasteiger partial charge in [0.25, 0.3) is 0 Å². The van der Waals surface area contributed by atoms with Crippen LogP contribution in [0.5, 0.6) is 0 Å². The molecule has 2 rings (SSSR count). The molecule has 1 aromatic rings. The normalized spacial score (nSPS) is 18.8. The Morgan fingerprint density at radius 1 is 1.39 bits per heavy atom. The number of nitrogens with zero attached hydrogens (tertiary/aromatic N) is 3. The molecule has 0 spiro atoms. The number of rotatable bonds is 3. The van der Waals surface area contributed by atoms with E-state index in [0.29, 0.717) is 5.41 Å². The Labute approximate surface area is 110 Å². The van der Waals surface area contributed by atoms with Gasteiger partial charge in [-0.25, -0.2) is 9.97 Å². The highest BCUT2D eigenvalue weighted by molar-refractivity contribution is 5.49. The lowest BCUT2D eigenvalue weighted by Crippen LogP contribution is -2.40. The standard InChI is InChI=1S/C14H24N4/c1-5-15-12-9-13(17-11(2)16-12)18-8-6-7-14(3,4)10-18/h9H,5-8,10H2,1-4H3,(H,15,16,17). The maximum absolute atomic E-state index is 4.58. The van der Waals surface area contributed by atoms with E-state index in [-0.39, 0.29) is 0 Å². The molecule has 1 N–H and O–H groups in total. The number of aryl methyl sites for hydroxylation is 1. The first-order valence-corrected chi connectivity index (χ1v) is 6.85. The summed E-state index contributed by atoms with van der Waals surface area (Å²) in [6.45, 7) is 11.8. The van der Waals surface area contributed by atoms with Crippen LogP contribution in [0.25, 0.3) is 0 Å². The molecule has 100 valence electrons. The van der Waals surface area contributed by atoms with Gasteiger partial charge in [0.2, 0.25) is 0 Å². The second-order valence-corrected chi connectivity index (χ2v) is 5.88. The molecule has 0 amide bonds. The molecule has 1 aliphatic rings. The molecular weight excluding hydrogens is 224 g/mol. The molecule has 0 aliphatic carbocycles. The largest absolute Gasteiger partial charge is 0.370 e. The fourth-order valence-electron chi connectivity index (χ4n) is 2.60. The summed E-state index contributed by atoms with van der Waals surface area (Å²) in [6.07, 6.45) is 2.54. The highest BCUT2D eigenvalue weighted by Crippen LogP contribution is 2.31. The minimum atomic E-state index is 0.384. The van der Waals surface area contributed by atoms with Crippen molar-refractivity contribution >= 4 is 11.6 Å². The summed E-state index contributed by atoms with van der Waals surface area (Å²) in [5.74, 6) is 2.83.